The summed E-state index contributed by atoms with van der Waals surface area (Å²) in [6.45, 7) is 1.89. The van der Waals surface area contributed by atoms with E-state index in [4.69, 9.17) is 0 Å². The van der Waals surface area contributed by atoms with Gasteiger partial charge >= 0.3 is 0 Å². The first-order valence-corrected chi connectivity index (χ1v) is 6.59. The zero-order chi connectivity index (χ0) is 11.1. The molecule has 1 fully saturated rings. The van der Waals surface area contributed by atoms with Gasteiger partial charge in [0.1, 0.15) is 0 Å². The fraction of sp³-hybridized carbons (Fsp3) is 0.900. The van der Waals surface area contributed by atoms with Crippen LogP contribution in [0.3, 0.4) is 0 Å². The molecule has 0 aliphatic carbocycles. The Labute approximate surface area is 96.2 Å². The summed E-state index contributed by atoms with van der Waals surface area (Å²) in [5.74, 6) is 1.97. The van der Waals surface area contributed by atoms with Crippen LogP contribution in [0.2, 0.25) is 0 Å². The molecule has 88 valence electrons. The third-order valence-electron chi connectivity index (χ3n) is 2.36. The van der Waals surface area contributed by atoms with Crippen LogP contribution in [-0.4, -0.2) is 55.7 Å². The van der Waals surface area contributed by atoms with Gasteiger partial charge in [0.05, 0.1) is 6.04 Å². The van der Waals surface area contributed by atoms with E-state index < -0.39 is 0 Å². The highest BCUT2D eigenvalue weighted by Crippen LogP contribution is 2.09. The number of thioether (sulfide) groups is 1. The average molecular weight is 231 g/mol. The maximum Gasteiger partial charge on any atom is 0.238 e. The van der Waals surface area contributed by atoms with E-state index in [0.29, 0.717) is 0 Å². The lowest BCUT2D eigenvalue weighted by Crippen LogP contribution is -2.42. The van der Waals surface area contributed by atoms with Crippen molar-refractivity contribution in [2.45, 2.75) is 18.9 Å². The number of carbonyl (C=O) groups is 1. The Hall–Kier alpha value is -0.260. The highest BCUT2D eigenvalue weighted by Gasteiger charge is 2.21. The van der Waals surface area contributed by atoms with Gasteiger partial charge in [0, 0.05) is 18.2 Å². The smallest absolute Gasteiger partial charge is 0.238 e. The summed E-state index contributed by atoms with van der Waals surface area (Å²) in [5.41, 5.74) is 0. The fourth-order valence-electron chi connectivity index (χ4n) is 1.45. The van der Waals surface area contributed by atoms with E-state index in [-0.39, 0.29) is 11.9 Å². The molecule has 0 saturated carbocycles. The number of hydrogen-bond donors (Lipinski definition) is 2. The topological polar surface area (TPSA) is 44.4 Å². The summed E-state index contributed by atoms with van der Waals surface area (Å²) in [7, 11) is 4.14. The van der Waals surface area contributed by atoms with Crippen molar-refractivity contribution < 1.29 is 4.79 Å². The lowest BCUT2D eigenvalue weighted by atomic mass is 10.2. The monoisotopic (exact) mass is 231 g/mol. The summed E-state index contributed by atoms with van der Waals surface area (Å²) < 4.78 is 0. The molecule has 0 spiro atoms. The van der Waals surface area contributed by atoms with E-state index in [1.165, 1.54) is 0 Å². The predicted molar refractivity (Wildman–Crippen MR) is 65.0 cm³/mol. The summed E-state index contributed by atoms with van der Waals surface area (Å²) in [6.07, 6.45) is 2.20. The van der Waals surface area contributed by atoms with Crippen molar-refractivity contribution in [3.63, 3.8) is 0 Å². The Bertz CT molecular complexity index is 193. The zero-order valence-corrected chi connectivity index (χ0v) is 10.4. The number of unbranched alkanes of at least 4 members (excludes halogenated alkanes) is 1. The Morgan fingerprint density at radius 3 is 2.93 bits per heavy atom. The molecular formula is C10H21N3OS. The molecule has 0 bridgehead atoms. The molecule has 0 radical (unpaired) electrons. The first-order chi connectivity index (χ1) is 7.20. The van der Waals surface area contributed by atoms with Gasteiger partial charge in [0.2, 0.25) is 5.91 Å². The summed E-state index contributed by atoms with van der Waals surface area (Å²) >= 11 is 1.78. The Morgan fingerprint density at radius 1 is 1.53 bits per heavy atom. The summed E-state index contributed by atoms with van der Waals surface area (Å²) in [5, 5.41) is 6.12. The van der Waals surface area contributed by atoms with Crippen LogP contribution in [0.4, 0.5) is 0 Å². The fourth-order valence-corrected chi connectivity index (χ4v) is 2.39. The van der Waals surface area contributed by atoms with Crippen LogP contribution in [0.5, 0.6) is 0 Å². The van der Waals surface area contributed by atoms with Gasteiger partial charge in [-0.1, -0.05) is 0 Å². The van der Waals surface area contributed by atoms with E-state index >= 15 is 0 Å². The van der Waals surface area contributed by atoms with Crippen molar-refractivity contribution in [3.8, 4) is 0 Å². The molecule has 1 aliphatic rings. The van der Waals surface area contributed by atoms with Gasteiger partial charge in [-0.05, 0) is 33.5 Å². The molecule has 1 aliphatic heterocycles. The molecular weight excluding hydrogens is 210 g/mol. The summed E-state index contributed by atoms with van der Waals surface area (Å²) in [6, 6.07) is 0.0313. The van der Waals surface area contributed by atoms with Crippen molar-refractivity contribution in [3.05, 3.63) is 0 Å². The minimum Gasteiger partial charge on any atom is -0.355 e. The van der Waals surface area contributed by atoms with Gasteiger partial charge in [-0.25, -0.2) is 0 Å². The molecule has 15 heavy (non-hydrogen) atoms. The zero-order valence-electron chi connectivity index (χ0n) is 9.58. The third-order valence-corrected chi connectivity index (χ3v) is 3.30. The number of hydrogen-bond acceptors (Lipinski definition) is 4. The van der Waals surface area contributed by atoms with E-state index in [2.05, 4.69) is 29.6 Å². The number of rotatable bonds is 6. The molecule has 1 saturated heterocycles. The van der Waals surface area contributed by atoms with E-state index in [1.54, 1.807) is 11.8 Å². The van der Waals surface area contributed by atoms with Crippen LogP contribution in [0.25, 0.3) is 0 Å². The first kappa shape index (κ1) is 12.8. The SMILES string of the molecule is CN(C)CCCCNC(=O)C1CSCN1. The minimum atomic E-state index is 0.0313. The van der Waals surface area contributed by atoms with Crippen LogP contribution in [0.1, 0.15) is 12.8 Å². The van der Waals surface area contributed by atoms with Crippen molar-refractivity contribution in [2.75, 3.05) is 38.8 Å². The van der Waals surface area contributed by atoms with E-state index in [9.17, 15) is 4.79 Å². The minimum absolute atomic E-state index is 0.0313. The molecule has 1 rings (SSSR count). The van der Waals surface area contributed by atoms with E-state index in [0.717, 1.165) is 37.6 Å². The van der Waals surface area contributed by atoms with Crippen molar-refractivity contribution >= 4 is 17.7 Å². The number of nitrogens with zero attached hydrogens (tertiary/aromatic N) is 1. The lowest BCUT2D eigenvalue weighted by molar-refractivity contribution is -0.122. The van der Waals surface area contributed by atoms with Gasteiger partial charge in [-0.15, -0.1) is 11.8 Å². The number of carbonyl (C=O) groups excluding carboxylic acids is 1. The van der Waals surface area contributed by atoms with Gasteiger partial charge in [-0.3, -0.25) is 10.1 Å². The highest BCUT2D eigenvalue weighted by molar-refractivity contribution is 7.99. The Morgan fingerprint density at radius 2 is 2.33 bits per heavy atom. The van der Waals surface area contributed by atoms with Crippen molar-refractivity contribution in [1.29, 1.82) is 0 Å². The maximum atomic E-state index is 11.5. The highest BCUT2D eigenvalue weighted by atomic mass is 32.2. The van der Waals surface area contributed by atoms with Gasteiger partial charge in [0.15, 0.2) is 0 Å². The molecule has 2 N–H and O–H groups in total. The van der Waals surface area contributed by atoms with Crippen LogP contribution in [-0.2, 0) is 4.79 Å². The quantitative estimate of drug-likeness (QED) is 0.637. The van der Waals surface area contributed by atoms with Crippen LogP contribution in [0.15, 0.2) is 0 Å². The van der Waals surface area contributed by atoms with Gasteiger partial charge in [-0.2, -0.15) is 0 Å². The number of amides is 1. The van der Waals surface area contributed by atoms with Crippen molar-refractivity contribution in [2.24, 2.45) is 0 Å². The molecule has 1 amide bonds. The lowest BCUT2D eigenvalue weighted by Gasteiger charge is -2.11. The third kappa shape index (κ3) is 5.39. The predicted octanol–water partition coefficient (Wildman–Crippen LogP) is 0.107. The second-order valence-electron chi connectivity index (χ2n) is 4.07. The molecule has 5 heteroatoms. The van der Waals surface area contributed by atoms with Gasteiger partial charge in [0.25, 0.3) is 0 Å². The number of nitrogens with one attached hydrogen (secondary N) is 2. The first-order valence-electron chi connectivity index (χ1n) is 5.43. The molecule has 0 aromatic heterocycles. The Kier molecular flexibility index (Phi) is 6.05. The largest absolute Gasteiger partial charge is 0.355 e. The normalized spacial score (nSPS) is 20.9. The maximum absolute atomic E-state index is 11.5. The molecule has 1 heterocycles. The molecule has 0 aromatic carbocycles. The van der Waals surface area contributed by atoms with Crippen LogP contribution in [0, 0.1) is 0 Å². The molecule has 0 aromatic rings. The van der Waals surface area contributed by atoms with Crippen molar-refractivity contribution in [1.82, 2.24) is 15.5 Å². The van der Waals surface area contributed by atoms with Crippen LogP contribution < -0.4 is 10.6 Å². The second kappa shape index (κ2) is 7.09. The molecule has 4 nitrogen and oxygen atoms in total. The van der Waals surface area contributed by atoms with E-state index in [1.807, 2.05) is 0 Å². The standard InChI is InChI=1S/C10H21N3OS/c1-13(2)6-4-3-5-11-10(14)9-7-15-8-12-9/h9,12H,3-8H2,1-2H3,(H,11,14). The van der Waals surface area contributed by atoms with Gasteiger partial charge < -0.3 is 10.2 Å². The average Bonchev–Trinajstić information content (AvgIpc) is 2.69. The second-order valence-corrected chi connectivity index (χ2v) is 5.10. The summed E-state index contributed by atoms with van der Waals surface area (Å²) in [4.78, 5) is 13.7. The Balaban J connectivity index is 1.97. The molecule has 1 atom stereocenters. The van der Waals surface area contributed by atoms with Crippen LogP contribution >= 0.6 is 11.8 Å². The molecule has 1 unspecified atom stereocenters.